The second-order valence-electron chi connectivity index (χ2n) is 4.42. The van der Waals surface area contributed by atoms with Crippen molar-refractivity contribution in [3.63, 3.8) is 0 Å². The SMILES string of the molecule is O=C(NCc1ccoc1)Nc1ccn(-c2ccccc2)n1. The smallest absolute Gasteiger partial charge is 0.320 e. The summed E-state index contributed by atoms with van der Waals surface area (Å²) in [7, 11) is 0. The summed E-state index contributed by atoms with van der Waals surface area (Å²) >= 11 is 0. The van der Waals surface area contributed by atoms with Crippen molar-refractivity contribution in [2.24, 2.45) is 0 Å². The minimum atomic E-state index is -0.311. The summed E-state index contributed by atoms with van der Waals surface area (Å²) in [6.07, 6.45) is 4.95. The molecule has 3 aromatic rings. The highest BCUT2D eigenvalue weighted by Crippen LogP contribution is 2.09. The summed E-state index contributed by atoms with van der Waals surface area (Å²) < 4.78 is 6.63. The molecular formula is C15H14N4O2. The molecule has 1 aromatic carbocycles. The minimum absolute atomic E-state index is 0.311. The predicted octanol–water partition coefficient (Wildman–Crippen LogP) is 2.79. The zero-order chi connectivity index (χ0) is 14.5. The van der Waals surface area contributed by atoms with E-state index in [-0.39, 0.29) is 6.03 Å². The maximum atomic E-state index is 11.8. The van der Waals surface area contributed by atoms with Gasteiger partial charge in [0.05, 0.1) is 18.2 Å². The van der Waals surface area contributed by atoms with E-state index in [2.05, 4.69) is 15.7 Å². The normalized spacial score (nSPS) is 10.3. The lowest BCUT2D eigenvalue weighted by molar-refractivity contribution is 0.251. The Morgan fingerprint density at radius 2 is 2.05 bits per heavy atom. The lowest BCUT2D eigenvalue weighted by atomic mass is 10.3. The van der Waals surface area contributed by atoms with E-state index >= 15 is 0 Å². The number of urea groups is 1. The van der Waals surface area contributed by atoms with E-state index in [0.29, 0.717) is 12.4 Å². The molecule has 0 atom stereocenters. The van der Waals surface area contributed by atoms with Gasteiger partial charge in [0.15, 0.2) is 5.82 Å². The molecule has 0 unspecified atom stereocenters. The Morgan fingerprint density at radius 1 is 1.19 bits per heavy atom. The Kier molecular flexibility index (Phi) is 3.68. The first-order valence-electron chi connectivity index (χ1n) is 6.48. The standard InChI is InChI=1S/C15H14N4O2/c20-15(16-10-12-7-9-21-11-12)17-14-6-8-19(18-14)13-4-2-1-3-5-13/h1-9,11H,10H2,(H2,16,17,18,20). The number of carbonyl (C=O) groups excluding carboxylic acids is 1. The van der Waals surface area contributed by atoms with Crippen molar-refractivity contribution >= 4 is 11.8 Å². The van der Waals surface area contributed by atoms with E-state index in [1.165, 1.54) is 0 Å². The highest BCUT2D eigenvalue weighted by Gasteiger charge is 2.05. The molecule has 0 aliphatic carbocycles. The summed E-state index contributed by atoms with van der Waals surface area (Å²) in [5, 5.41) is 9.70. The van der Waals surface area contributed by atoms with Crippen molar-refractivity contribution in [2.75, 3.05) is 5.32 Å². The summed E-state index contributed by atoms with van der Waals surface area (Å²) in [6, 6.07) is 12.9. The second-order valence-corrected chi connectivity index (χ2v) is 4.42. The van der Waals surface area contributed by atoms with Crippen molar-refractivity contribution in [3.8, 4) is 5.69 Å². The van der Waals surface area contributed by atoms with Crippen molar-refractivity contribution in [1.29, 1.82) is 0 Å². The van der Waals surface area contributed by atoms with Gasteiger partial charge in [-0.3, -0.25) is 5.32 Å². The van der Waals surface area contributed by atoms with Crippen LogP contribution in [0.15, 0.2) is 65.6 Å². The molecule has 6 nitrogen and oxygen atoms in total. The number of benzene rings is 1. The van der Waals surface area contributed by atoms with E-state index in [4.69, 9.17) is 4.42 Å². The number of anilines is 1. The van der Waals surface area contributed by atoms with Gasteiger partial charge in [-0.25, -0.2) is 9.48 Å². The highest BCUT2D eigenvalue weighted by atomic mass is 16.3. The lowest BCUT2D eigenvalue weighted by Crippen LogP contribution is -2.28. The number of rotatable bonds is 4. The zero-order valence-electron chi connectivity index (χ0n) is 11.2. The lowest BCUT2D eigenvalue weighted by Gasteiger charge is -2.04. The van der Waals surface area contributed by atoms with Crippen LogP contribution in [0.4, 0.5) is 10.6 Å². The summed E-state index contributed by atoms with van der Waals surface area (Å²) in [5.41, 5.74) is 1.84. The number of para-hydroxylation sites is 1. The fourth-order valence-electron chi connectivity index (χ4n) is 1.85. The molecule has 0 fully saturated rings. The van der Waals surface area contributed by atoms with E-state index in [1.807, 2.05) is 30.3 Å². The van der Waals surface area contributed by atoms with Gasteiger partial charge >= 0.3 is 6.03 Å². The van der Waals surface area contributed by atoms with Crippen molar-refractivity contribution in [3.05, 3.63) is 66.8 Å². The van der Waals surface area contributed by atoms with Crippen LogP contribution in [0, 0.1) is 0 Å². The van der Waals surface area contributed by atoms with Gasteiger partial charge in [-0.1, -0.05) is 18.2 Å². The summed E-state index contributed by atoms with van der Waals surface area (Å²) in [4.78, 5) is 11.8. The minimum Gasteiger partial charge on any atom is -0.472 e. The molecule has 0 saturated carbocycles. The monoisotopic (exact) mass is 282 g/mol. The number of furan rings is 1. The maximum absolute atomic E-state index is 11.8. The fraction of sp³-hybridized carbons (Fsp3) is 0.0667. The molecule has 0 radical (unpaired) electrons. The van der Waals surface area contributed by atoms with Crippen LogP contribution in [0.5, 0.6) is 0 Å². The first kappa shape index (κ1) is 13.0. The number of hydrogen-bond donors (Lipinski definition) is 2. The molecule has 0 aliphatic heterocycles. The Labute approximate surface area is 121 Å². The molecule has 0 bridgehead atoms. The van der Waals surface area contributed by atoms with Gasteiger partial charge in [-0.15, -0.1) is 5.10 Å². The van der Waals surface area contributed by atoms with Gasteiger partial charge in [0.2, 0.25) is 0 Å². The number of nitrogens with one attached hydrogen (secondary N) is 2. The third-order valence-corrected chi connectivity index (χ3v) is 2.88. The number of aromatic nitrogens is 2. The largest absolute Gasteiger partial charge is 0.472 e. The molecule has 2 amide bonds. The van der Waals surface area contributed by atoms with Crippen molar-refractivity contribution in [1.82, 2.24) is 15.1 Å². The predicted molar refractivity (Wildman–Crippen MR) is 78.1 cm³/mol. The first-order valence-corrected chi connectivity index (χ1v) is 6.48. The third-order valence-electron chi connectivity index (χ3n) is 2.88. The summed E-state index contributed by atoms with van der Waals surface area (Å²) in [5.74, 6) is 0.489. The quantitative estimate of drug-likeness (QED) is 0.773. The summed E-state index contributed by atoms with van der Waals surface area (Å²) in [6.45, 7) is 0.404. The van der Waals surface area contributed by atoms with Gasteiger partial charge in [0.1, 0.15) is 0 Å². The first-order chi connectivity index (χ1) is 10.3. The third kappa shape index (κ3) is 3.30. The van der Waals surface area contributed by atoms with Crippen LogP contribution >= 0.6 is 0 Å². The number of amides is 2. The van der Waals surface area contributed by atoms with Crippen LogP contribution in [-0.2, 0) is 6.54 Å². The molecular weight excluding hydrogens is 268 g/mol. The van der Waals surface area contributed by atoms with Crippen LogP contribution in [0.25, 0.3) is 5.69 Å². The van der Waals surface area contributed by atoms with Gasteiger partial charge in [-0.05, 0) is 18.2 Å². The van der Waals surface area contributed by atoms with Crippen LogP contribution in [0.1, 0.15) is 5.56 Å². The molecule has 2 aromatic heterocycles. The van der Waals surface area contributed by atoms with E-state index in [9.17, 15) is 4.79 Å². The molecule has 0 aliphatic rings. The zero-order valence-corrected chi connectivity index (χ0v) is 11.2. The Morgan fingerprint density at radius 3 is 2.81 bits per heavy atom. The number of nitrogens with zero attached hydrogens (tertiary/aromatic N) is 2. The van der Waals surface area contributed by atoms with Crippen LogP contribution in [0.3, 0.4) is 0 Å². The van der Waals surface area contributed by atoms with Crippen LogP contribution in [0.2, 0.25) is 0 Å². The van der Waals surface area contributed by atoms with Gasteiger partial charge < -0.3 is 9.73 Å². The average molecular weight is 282 g/mol. The number of hydrogen-bond acceptors (Lipinski definition) is 3. The highest BCUT2D eigenvalue weighted by molar-refractivity contribution is 5.88. The van der Waals surface area contributed by atoms with Gasteiger partial charge in [0.25, 0.3) is 0 Å². The Balaban J connectivity index is 1.58. The molecule has 2 N–H and O–H groups in total. The number of carbonyl (C=O) groups is 1. The van der Waals surface area contributed by atoms with Crippen molar-refractivity contribution < 1.29 is 9.21 Å². The fourth-order valence-corrected chi connectivity index (χ4v) is 1.85. The van der Waals surface area contributed by atoms with Crippen LogP contribution in [-0.4, -0.2) is 15.8 Å². The van der Waals surface area contributed by atoms with Gasteiger partial charge in [-0.2, -0.15) is 0 Å². The molecule has 0 saturated heterocycles. The van der Waals surface area contributed by atoms with E-state index in [1.54, 1.807) is 35.5 Å². The maximum Gasteiger partial charge on any atom is 0.320 e. The Hall–Kier alpha value is -3.02. The van der Waals surface area contributed by atoms with Crippen molar-refractivity contribution in [2.45, 2.75) is 6.54 Å². The average Bonchev–Trinajstić information content (AvgIpc) is 3.17. The molecule has 21 heavy (non-hydrogen) atoms. The van der Waals surface area contributed by atoms with Gasteiger partial charge in [0, 0.05) is 24.4 Å². The van der Waals surface area contributed by atoms with Crippen LogP contribution < -0.4 is 10.6 Å². The second kappa shape index (κ2) is 5.96. The molecule has 2 heterocycles. The molecule has 106 valence electrons. The molecule has 0 spiro atoms. The van der Waals surface area contributed by atoms with E-state index in [0.717, 1.165) is 11.3 Å². The molecule has 6 heteroatoms. The molecule has 3 rings (SSSR count). The topological polar surface area (TPSA) is 72.1 Å². The Bertz CT molecular complexity index is 704. The van der Waals surface area contributed by atoms with E-state index < -0.39 is 0 Å².